The van der Waals surface area contributed by atoms with Crippen LogP contribution in [0.15, 0.2) is 6.20 Å². The van der Waals surface area contributed by atoms with Crippen LogP contribution >= 0.6 is 0 Å². The number of carbonyl (C=O) groups is 1. The van der Waals surface area contributed by atoms with E-state index in [9.17, 15) is 4.79 Å². The van der Waals surface area contributed by atoms with Crippen molar-refractivity contribution in [2.75, 3.05) is 0 Å². The van der Waals surface area contributed by atoms with Gasteiger partial charge in [0.1, 0.15) is 5.82 Å². The summed E-state index contributed by atoms with van der Waals surface area (Å²) in [6.45, 7) is 1.04. The average molecular weight is 180 g/mol. The van der Waals surface area contributed by atoms with Gasteiger partial charge in [-0.2, -0.15) is 0 Å². The number of aryl methyl sites for hydroxylation is 3. The molecule has 13 heavy (non-hydrogen) atoms. The second-order valence-electron chi connectivity index (χ2n) is 3.34. The van der Waals surface area contributed by atoms with E-state index in [4.69, 9.17) is 5.11 Å². The maximum Gasteiger partial charge on any atom is 0.303 e. The van der Waals surface area contributed by atoms with Crippen molar-refractivity contribution < 1.29 is 9.90 Å². The van der Waals surface area contributed by atoms with Crippen LogP contribution in [0.25, 0.3) is 0 Å². The highest BCUT2D eigenvalue weighted by molar-refractivity contribution is 5.66. The molecular weight excluding hydrogens is 168 g/mol. The molecule has 0 atom stereocenters. The highest BCUT2D eigenvalue weighted by Crippen LogP contribution is 2.14. The molecule has 4 nitrogen and oxygen atoms in total. The van der Waals surface area contributed by atoms with Crippen molar-refractivity contribution in [3.8, 4) is 0 Å². The summed E-state index contributed by atoms with van der Waals surface area (Å²) in [4.78, 5) is 14.7. The standard InChI is InChI=1S/C9H12N2O2/c12-9(13)4-3-7-6-11-5-1-2-8(11)10-7/h6H,1-5H2,(H,12,13). The minimum atomic E-state index is -0.756. The Labute approximate surface area is 76.2 Å². The molecule has 1 aromatic heterocycles. The van der Waals surface area contributed by atoms with Crippen molar-refractivity contribution in [1.82, 2.24) is 9.55 Å². The summed E-state index contributed by atoms with van der Waals surface area (Å²) in [5, 5.41) is 8.49. The van der Waals surface area contributed by atoms with Crippen LogP contribution in [0.4, 0.5) is 0 Å². The van der Waals surface area contributed by atoms with E-state index in [0.717, 1.165) is 24.5 Å². The van der Waals surface area contributed by atoms with Gasteiger partial charge in [-0.3, -0.25) is 4.79 Å². The molecule has 0 saturated carbocycles. The lowest BCUT2D eigenvalue weighted by Crippen LogP contribution is -1.97. The van der Waals surface area contributed by atoms with Gasteiger partial charge in [-0.05, 0) is 6.42 Å². The molecule has 1 N–H and O–H groups in total. The Morgan fingerprint density at radius 3 is 3.23 bits per heavy atom. The number of imidazole rings is 1. The molecule has 0 fully saturated rings. The number of aromatic nitrogens is 2. The first-order valence-corrected chi connectivity index (χ1v) is 4.52. The van der Waals surface area contributed by atoms with Gasteiger partial charge in [-0.1, -0.05) is 0 Å². The van der Waals surface area contributed by atoms with Gasteiger partial charge in [0.15, 0.2) is 0 Å². The smallest absolute Gasteiger partial charge is 0.303 e. The van der Waals surface area contributed by atoms with Crippen LogP contribution in [0.2, 0.25) is 0 Å². The first-order chi connectivity index (χ1) is 6.25. The van der Waals surface area contributed by atoms with Crippen LogP contribution in [0.3, 0.4) is 0 Å². The van der Waals surface area contributed by atoms with Crippen LogP contribution in [-0.4, -0.2) is 20.6 Å². The second-order valence-corrected chi connectivity index (χ2v) is 3.34. The third-order valence-electron chi connectivity index (χ3n) is 2.30. The molecule has 0 saturated heterocycles. The maximum absolute atomic E-state index is 10.3. The molecule has 2 heterocycles. The van der Waals surface area contributed by atoms with E-state index >= 15 is 0 Å². The summed E-state index contributed by atoms with van der Waals surface area (Å²) in [6, 6.07) is 0. The van der Waals surface area contributed by atoms with Crippen molar-refractivity contribution in [3.05, 3.63) is 17.7 Å². The number of carboxylic acids is 1. The highest BCUT2D eigenvalue weighted by Gasteiger charge is 2.13. The topological polar surface area (TPSA) is 55.1 Å². The zero-order valence-corrected chi connectivity index (χ0v) is 7.36. The number of hydrogen-bond donors (Lipinski definition) is 1. The molecule has 1 aromatic rings. The number of fused-ring (bicyclic) bond motifs is 1. The number of nitrogens with zero attached hydrogens (tertiary/aromatic N) is 2. The van der Waals surface area contributed by atoms with Crippen molar-refractivity contribution in [3.63, 3.8) is 0 Å². The Balaban J connectivity index is 2.02. The summed E-state index contributed by atoms with van der Waals surface area (Å²) in [7, 11) is 0. The lowest BCUT2D eigenvalue weighted by molar-refractivity contribution is -0.136. The van der Waals surface area contributed by atoms with Crippen LogP contribution in [0, 0.1) is 0 Å². The molecule has 0 unspecified atom stereocenters. The molecule has 0 spiro atoms. The summed E-state index contributed by atoms with van der Waals surface area (Å²) in [5.74, 6) is 0.355. The van der Waals surface area contributed by atoms with E-state index in [-0.39, 0.29) is 6.42 Å². The molecule has 70 valence electrons. The summed E-state index contributed by atoms with van der Waals surface area (Å²) >= 11 is 0. The van der Waals surface area contributed by atoms with Gasteiger partial charge in [0.05, 0.1) is 12.1 Å². The van der Waals surface area contributed by atoms with E-state index in [1.807, 2.05) is 6.20 Å². The molecule has 0 radical (unpaired) electrons. The third-order valence-corrected chi connectivity index (χ3v) is 2.30. The monoisotopic (exact) mass is 180 g/mol. The third kappa shape index (κ3) is 1.71. The molecular formula is C9H12N2O2. The zero-order valence-electron chi connectivity index (χ0n) is 7.36. The molecule has 2 rings (SSSR count). The lowest BCUT2D eigenvalue weighted by atomic mass is 10.2. The van der Waals surface area contributed by atoms with E-state index in [1.54, 1.807) is 0 Å². The summed E-state index contributed by atoms with van der Waals surface area (Å²) in [6.07, 6.45) is 4.91. The van der Waals surface area contributed by atoms with Gasteiger partial charge in [-0.15, -0.1) is 0 Å². The van der Waals surface area contributed by atoms with Crippen LogP contribution in [0.5, 0.6) is 0 Å². The molecule has 0 aliphatic carbocycles. The largest absolute Gasteiger partial charge is 0.481 e. The Morgan fingerprint density at radius 2 is 2.54 bits per heavy atom. The Kier molecular flexibility index (Phi) is 2.04. The van der Waals surface area contributed by atoms with Gasteiger partial charge < -0.3 is 9.67 Å². The van der Waals surface area contributed by atoms with Gasteiger partial charge in [0, 0.05) is 25.6 Å². The SMILES string of the molecule is O=C(O)CCc1cn2c(n1)CCC2. The van der Waals surface area contributed by atoms with E-state index < -0.39 is 5.97 Å². The molecule has 4 heteroatoms. The maximum atomic E-state index is 10.3. The highest BCUT2D eigenvalue weighted by atomic mass is 16.4. The van der Waals surface area contributed by atoms with Gasteiger partial charge in [0.2, 0.25) is 0 Å². The predicted molar refractivity (Wildman–Crippen MR) is 46.5 cm³/mol. The van der Waals surface area contributed by atoms with Crippen molar-refractivity contribution >= 4 is 5.97 Å². The summed E-state index contributed by atoms with van der Waals surface area (Å²) in [5.41, 5.74) is 0.914. The Morgan fingerprint density at radius 1 is 1.69 bits per heavy atom. The predicted octanol–water partition coefficient (Wildman–Crippen LogP) is 0.847. The fourth-order valence-electron chi connectivity index (χ4n) is 1.67. The molecule has 0 bridgehead atoms. The van der Waals surface area contributed by atoms with Crippen LogP contribution < -0.4 is 0 Å². The fraction of sp³-hybridized carbons (Fsp3) is 0.556. The number of aliphatic carboxylic acids is 1. The number of rotatable bonds is 3. The van der Waals surface area contributed by atoms with Gasteiger partial charge >= 0.3 is 5.97 Å². The molecule has 1 aliphatic heterocycles. The van der Waals surface area contributed by atoms with E-state index in [1.165, 1.54) is 6.42 Å². The quantitative estimate of drug-likeness (QED) is 0.750. The van der Waals surface area contributed by atoms with Gasteiger partial charge in [-0.25, -0.2) is 4.98 Å². The van der Waals surface area contributed by atoms with Crippen molar-refractivity contribution in [2.24, 2.45) is 0 Å². The lowest BCUT2D eigenvalue weighted by Gasteiger charge is -1.92. The molecule has 0 amide bonds. The van der Waals surface area contributed by atoms with Crippen molar-refractivity contribution in [2.45, 2.75) is 32.2 Å². The first kappa shape index (κ1) is 8.29. The van der Waals surface area contributed by atoms with Gasteiger partial charge in [0.25, 0.3) is 0 Å². The van der Waals surface area contributed by atoms with E-state index in [0.29, 0.717) is 6.42 Å². The first-order valence-electron chi connectivity index (χ1n) is 4.52. The number of carboxylic acid groups (broad SMARTS) is 1. The van der Waals surface area contributed by atoms with Crippen LogP contribution in [-0.2, 0) is 24.2 Å². The summed E-state index contributed by atoms with van der Waals surface area (Å²) < 4.78 is 2.12. The van der Waals surface area contributed by atoms with Crippen molar-refractivity contribution in [1.29, 1.82) is 0 Å². The van der Waals surface area contributed by atoms with E-state index in [2.05, 4.69) is 9.55 Å². The van der Waals surface area contributed by atoms with Crippen LogP contribution in [0.1, 0.15) is 24.4 Å². The Bertz CT molecular complexity index is 309. The zero-order chi connectivity index (χ0) is 9.26. The minimum Gasteiger partial charge on any atom is -0.481 e. The fourth-order valence-corrected chi connectivity index (χ4v) is 1.67. The Hall–Kier alpha value is -1.32. The molecule has 1 aliphatic rings. The average Bonchev–Trinajstić information content (AvgIpc) is 2.58. The normalized spacial score (nSPS) is 14.5. The molecule has 0 aromatic carbocycles. The number of hydrogen-bond acceptors (Lipinski definition) is 2. The second kappa shape index (κ2) is 3.20. The minimum absolute atomic E-state index is 0.177.